The number of nitro groups is 1. The Morgan fingerprint density at radius 1 is 1.17 bits per heavy atom. The number of pyridine rings is 1. The van der Waals surface area contributed by atoms with Gasteiger partial charge < -0.3 is 20.3 Å². The van der Waals surface area contributed by atoms with Crippen molar-refractivity contribution in [3.05, 3.63) is 92.2 Å². The van der Waals surface area contributed by atoms with Gasteiger partial charge in [0.15, 0.2) is 0 Å². The lowest BCUT2D eigenvalue weighted by Crippen LogP contribution is -2.31. The van der Waals surface area contributed by atoms with Crippen LogP contribution in [0.1, 0.15) is 40.7 Å². The number of benzene rings is 2. The Kier molecular flexibility index (Phi) is 7.30. The van der Waals surface area contributed by atoms with Crippen LogP contribution in [-0.4, -0.2) is 45.5 Å². The molecule has 2 atom stereocenters. The van der Waals surface area contributed by atoms with Crippen LogP contribution >= 0.6 is 11.6 Å². The number of fused-ring (bicyclic) bond motifs is 3. The third-order valence-corrected chi connectivity index (χ3v) is 6.50. The fraction of sp³-hybridized carbons (Fsp3) is 0.280. The molecular weight excluding hydrogens is 474 g/mol. The number of hydrogen-bond donors (Lipinski definition) is 3. The van der Waals surface area contributed by atoms with Gasteiger partial charge in [0, 0.05) is 29.8 Å². The second kappa shape index (κ2) is 10.4. The second-order valence-corrected chi connectivity index (χ2v) is 8.65. The van der Waals surface area contributed by atoms with E-state index in [9.17, 15) is 25.1 Å². The molecular formula is C25H24ClN3O6. The van der Waals surface area contributed by atoms with E-state index in [-0.39, 0.29) is 41.8 Å². The fourth-order valence-corrected chi connectivity index (χ4v) is 4.68. The highest BCUT2D eigenvalue weighted by Gasteiger charge is 2.30. The summed E-state index contributed by atoms with van der Waals surface area (Å²) < 4.78 is 5.45. The zero-order chi connectivity index (χ0) is 25.1. The lowest BCUT2D eigenvalue weighted by molar-refractivity contribution is -0.385. The summed E-state index contributed by atoms with van der Waals surface area (Å²) in [5, 5.41) is 34.3. The number of hydrogen-bond acceptors (Lipinski definition) is 7. The number of aliphatic hydroxyl groups is 2. The van der Waals surface area contributed by atoms with Crippen LogP contribution in [0.3, 0.4) is 0 Å². The Balaban J connectivity index is 1.31. The number of amides is 1. The largest absolute Gasteiger partial charge is 0.449 e. The molecule has 0 spiro atoms. The lowest BCUT2D eigenvalue weighted by Gasteiger charge is -2.20. The Labute approximate surface area is 206 Å². The van der Waals surface area contributed by atoms with Gasteiger partial charge in [0.05, 0.1) is 11.0 Å². The summed E-state index contributed by atoms with van der Waals surface area (Å²) in [7, 11) is 0. The lowest BCUT2D eigenvalue weighted by atomic mass is 9.98. The van der Waals surface area contributed by atoms with E-state index in [1.165, 1.54) is 13.1 Å². The van der Waals surface area contributed by atoms with Crippen molar-refractivity contribution in [3.63, 3.8) is 0 Å². The van der Waals surface area contributed by atoms with Crippen LogP contribution < -0.4 is 5.32 Å². The first kappa shape index (κ1) is 24.6. The summed E-state index contributed by atoms with van der Waals surface area (Å²) in [5.41, 5.74) is 4.23. The Morgan fingerprint density at radius 2 is 1.77 bits per heavy atom. The van der Waals surface area contributed by atoms with E-state index in [1.54, 1.807) is 0 Å². The first-order valence-corrected chi connectivity index (χ1v) is 11.4. The molecule has 182 valence electrons. The van der Waals surface area contributed by atoms with Crippen molar-refractivity contribution in [1.29, 1.82) is 0 Å². The summed E-state index contributed by atoms with van der Waals surface area (Å²) in [5.74, 6) is -0.0725. The van der Waals surface area contributed by atoms with Crippen LogP contribution in [0.5, 0.6) is 0 Å². The molecule has 0 aliphatic heterocycles. The molecule has 0 saturated heterocycles. The average Bonchev–Trinajstić information content (AvgIpc) is 3.16. The van der Waals surface area contributed by atoms with Crippen LogP contribution in [0.15, 0.2) is 54.7 Å². The van der Waals surface area contributed by atoms with Crippen molar-refractivity contribution in [2.24, 2.45) is 0 Å². The number of nitrogens with one attached hydrogen (secondary N) is 1. The van der Waals surface area contributed by atoms with Gasteiger partial charge in [-0.15, -0.1) is 0 Å². The molecule has 1 aliphatic rings. The van der Waals surface area contributed by atoms with Crippen molar-refractivity contribution in [3.8, 4) is 11.1 Å². The maximum Gasteiger partial charge on any atom is 0.407 e. The Hall–Kier alpha value is -3.53. The number of alkyl carbamates (subject to hydrolysis) is 1. The first-order chi connectivity index (χ1) is 16.8. The standard InChI is InChI=1S/C25H24ClN3O6/c1-14-19(12-28-24(26)22(14)29(33)34)23(31)21(30)10-11-27-25(32)35-13-20-17-8-4-2-6-15(17)16-7-3-5-9-18(16)20/h2-9,12,20-21,23,30-31H,10-11,13H2,1H3,(H,27,32). The van der Waals surface area contributed by atoms with Gasteiger partial charge in [-0.3, -0.25) is 10.1 Å². The number of halogens is 1. The maximum atomic E-state index is 12.3. The van der Waals surface area contributed by atoms with Crippen molar-refractivity contribution in [2.45, 2.75) is 31.5 Å². The molecule has 2 aromatic carbocycles. The van der Waals surface area contributed by atoms with E-state index in [4.69, 9.17) is 16.3 Å². The molecule has 9 nitrogen and oxygen atoms in total. The number of aromatic nitrogens is 1. The molecule has 1 heterocycles. The van der Waals surface area contributed by atoms with Gasteiger partial charge >= 0.3 is 11.8 Å². The normalized spacial score (nSPS) is 14.1. The smallest absolute Gasteiger partial charge is 0.407 e. The van der Waals surface area contributed by atoms with Gasteiger partial charge in [0.1, 0.15) is 12.7 Å². The SMILES string of the molecule is Cc1c(C(O)C(O)CCNC(=O)OCC2c3ccccc3-c3ccccc32)cnc(Cl)c1[N+](=O)[O-]. The predicted molar refractivity (Wildman–Crippen MR) is 129 cm³/mol. The minimum atomic E-state index is -1.44. The fourth-order valence-electron chi connectivity index (χ4n) is 4.42. The quantitative estimate of drug-likeness (QED) is 0.240. The monoisotopic (exact) mass is 497 g/mol. The number of carbonyl (C=O) groups excluding carboxylic acids is 1. The second-order valence-electron chi connectivity index (χ2n) is 8.29. The molecule has 1 amide bonds. The third-order valence-electron chi connectivity index (χ3n) is 6.22. The molecule has 1 aliphatic carbocycles. The van der Waals surface area contributed by atoms with Crippen LogP contribution in [0.2, 0.25) is 5.15 Å². The summed E-state index contributed by atoms with van der Waals surface area (Å²) in [4.78, 5) is 26.5. The number of nitrogens with zero attached hydrogens (tertiary/aromatic N) is 2. The molecule has 10 heteroatoms. The van der Waals surface area contributed by atoms with Gasteiger partial charge in [0.25, 0.3) is 0 Å². The number of rotatable bonds is 8. The van der Waals surface area contributed by atoms with E-state index in [0.717, 1.165) is 22.3 Å². The molecule has 0 saturated carbocycles. The highest BCUT2D eigenvalue weighted by molar-refractivity contribution is 6.31. The molecule has 3 N–H and O–H groups in total. The summed E-state index contributed by atoms with van der Waals surface area (Å²) in [6, 6.07) is 16.0. The average molecular weight is 498 g/mol. The van der Waals surface area contributed by atoms with Crippen molar-refractivity contribution >= 4 is 23.4 Å². The van der Waals surface area contributed by atoms with Gasteiger partial charge in [0.2, 0.25) is 5.15 Å². The predicted octanol–water partition coefficient (Wildman–Crippen LogP) is 4.27. The molecule has 4 rings (SSSR count). The van der Waals surface area contributed by atoms with Gasteiger partial charge in [-0.1, -0.05) is 60.1 Å². The Morgan fingerprint density at radius 3 is 2.37 bits per heavy atom. The minimum absolute atomic E-state index is 0.0127. The minimum Gasteiger partial charge on any atom is -0.449 e. The molecule has 0 radical (unpaired) electrons. The van der Waals surface area contributed by atoms with Crippen LogP contribution in [0, 0.1) is 17.0 Å². The molecule has 1 aromatic heterocycles. The first-order valence-electron chi connectivity index (χ1n) is 11.0. The van der Waals surface area contributed by atoms with E-state index >= 15 is 0 Å². The van der Waals surface area contributed by atoms with Crippen molar-refractivity contribution in [2.75, 3.05) is 13.2 Å². The maximum absolute atomic E-state index is 12.3. The molecule has 0 fully saturated rings. The van der Waals surface area contributed by atoms with E-state index < -0.39 is 28.9 Å². The van der Waals surface area contributed by atoms with Crippen LogP contribution in [0.25, 0.3) is 11.1 Å². The van der Waals surface area contributed by atoms with Crippen LogP contribution in [-0.2, 0) is 4.74 Å². The molecule has 3 aromatic rings. The van der Waals surface area contributed by atoms with Crippen LogP contribution in [0.4, 0.5) is 10.5 Å². The molecule has 2 unspecified atom stereocenters. The number of carbonyl (C=O) groups is 1. The van der Waals surface area contributed by atoms with Gasteiger partial charge in [-0.05, 0) is 35.6 Å². The Bertz CT molecular complexity index is 1220. The van der Waals surface area contributed by atoms with Gasteiger partial charge in [-0.25, -0.2) is 9.78 Å². The summed E-state index contributed by atoms with van der Waals surface area (Å²) in [6.07, 6.45) is -2.21. The zero-order valence-corrected chi connectivity index (χ0v) is 19.6. The number of aliphatic hydroxyl groups excluding tert-OH is 2. The van der Waals surface area contributed by atoms with E-state index in [1.807, 2.05) is 48.5 Å². The topological polar surface area (TPSA) is 135 Å². The highest BCUT2D eigenvalue weighted by atomic mass is 35.5. The van der Waals surface area contributed by atoms with E-state index in [0.29, 0.717) is 0 Å². The third kappa shape index (κ3) is 4.97. The van der Waals surface area contributed by atoms with Gasteiger partial charge in [-0.2, -0.15) is 0 Å². The summed E-state index contributed by atoms with van der Waals surface area (Å²) >= 11 is 5.77. The van der Waals surface area contributed by atoms with Crippen molar-refractivity contribution in [1.82, 2.24) is 10.3 Å². The molecule has 35 heavy (non-hydrogen) atoms. The highest BCUT2D eigenvalue weighted by Crippen LogP contribution is 2.44. The van der Waals surface area contributed by atoms with Crippen molar-refractivity contribution < 1.29 is 24.7 Å². The van der Waals surface area contributed by atoms with E-state index in [2.05, 4.69) is 10.3 Å². The molecule has 0 bridgehead atoms. The zero-order valence-electron chi connectivity index (χ0n) is 18.8. The summed E-state index contributed by atoms with van der Waals surface area (Å²) in [6.45, 7) is 1.60. The number of ether oxygens (including phenoxy) is 1.